The maximum Gasteiger partial charge on any atom is 0.321 e. The van der Waals surface area contributed by atoms with Crippen LogP contribution < -0.4 is 5.73 Å². The number of carboxylic acids is 1. The van der Waals surface area contributed by atoms with Crippen molar-refractivity contribution in [1.82, 2.24) is 4.90 Å². The Morgan fingerprint density at radius 2 is 2.00 bits per heavy atom. The molecule has 0 aromatic carbocycles. The topological polar surface area (TPSA) is 66.6 Å². The van der Waals surface area contributed by atoms with Crippen LogP contribution in [-0.4, -0.2) is 42.2 Å². The highest BCUT2D eigenvalue weighted by Crippen LogP contribution is 2.18. The average Bonchev–Trinajstić information content (AvgIpc) is 1.99. The van der Waals surface area contributed by atoms with Gasteiger partial charge in [0.05, 0.1) is 0 Å². The standard InChI is InChI=1S/C10H22N2O2/c1-10(2,3)5-6-12(4)7-8(11)9(13)14/h8H,5-7,11H2,1-4H3,(H,13,14). The lowest BCUT2D eigenvalue weighted by Crippen LogP contribution is -2.41. The zero-order chi connectivity index (χ0) is 11.4. The van der Waals surface area contributed by atoms with Gasteiger partial charge in [0.25, 0.3) is 0 Å². The summed E-state index contributed by atoms with van der Waals surface area (Å²) in [5.41, 5.74) is 5.69. The van der Waals surface area contributed by atoms with Gasteiger partial charge in [-0.05, 0) is 25.4 Å². The molecule has 4 heteroatoms. The molecule has 0 radical (unpaired) electrons. The normalized spacial score (nSPS) is 14.4. The Labute approximate surface area is 86.1 Å². The molecular weight excluding hydrogens is 180 g/mol. The molecule has 0 saturated heterocycles. The van der Waals surface area contributed by atoms with Crippen molar-refractivity contribution in [2.45, 2.75) is 33.2 Å². The third-order valence-corrected chi connectivity index (χ3v) is 2.07. The molecule has 1 atom stereocenters. The van der Waals surface area contributed by atoms with E-state index in [0.29, 0.717) is 6.54 Å². The quantitative estimate of drug-likeness (QED) is 0.691. The van der Waals surface area contributed by atoms with Crippen molar-refractivity contribution in [3.63, 3.8) is 0 Å². The van der Waals surface area contributed by atoms with Crippen LogP contribution in [0, 0.1) is 5.41 Å². The first-order valence-corrected chi connectivity index (χ1v) is 4.89. The van der Waals surface area contributed by atoms with Gasteiger partial charge in [0.1, 0.15) is 6.04 Å². The van der Waals surface area contributed by atoms with Gasteiger partial charge in [0, 0.05) is 6.54 Å². The van der Waals surface area contributed by atoms with Gasteiger partial charge in [-0.2, -0.15) is 0 Å². The maximum atomic E-state index is 10.5. The highest BCUT2D eigenvalue weighted by molar-refractivity contribution is 5.73. The van der Waals surface area contributed by atoms with Crippen LogP contribution in [0.4, 0.5) is 0 Å². The monoisotopic (exact) mass is 202 g/mol. The molecule has 0 aliphatic heterocycles. The van der Waals surface area contributed by atoms with Crippen molar-refractivity contribution >= 4 is 5.97 Å². The zero-order valence-electron chi connectivity index (χ0n) is 9.58. The van der Waals surface area contributed by atoms with Crippen LogP contribution in [0.5, 0.6) is 0 Å². The van der Waals surface area contributed by atoms with E-state index in [1.165, 1.54) is 0 Å². The van der Waals surface area contributed by atoms with Crippen LogP contribution in [-0.2, 0) is 4.79 Å². The van der Waals surface area contributed by atoms with Gasteiger partial charge in [-0.1, -0.05) is 20.8 Å². The van der Waals surface area contributed by atoms with Crippen LogP contribution in [0.25, 0.3) is 0 Å². The van der Waals surface area contributed by atoms with Crippen molar-refractivity contribution < 1.29 is 9.90 Å². The Hall–Kier alpha value is -0.610. The van der Waals surface area contributed by atoms with Crippen LogP contribution >= 0.6 is 0 Å². The number of aliphatic carboxylic acids is 1. The summed E-state index contributed by atoms with van der Waals surface area (Å²) in [4.78, 5) is 12.4. The molecule has 1 unspecified atom stereocenters. The number of hydrogen-bond acceptors (Lipinski definition) is 3. The van der Waals surface area contributed by atoms with E-state index < -0.39 is 12.0 Å². The molecule has 0 spiro atoms. The molecule has 84 valence electrons. The number of likely N-dealkylation sites (N-methyl/N-ethyl adjacent to an activating group) is 1. The summed E-state index contributed by atoms with van der Waals surface area (Å²) < 4.78 is 0. The summed E-state index contributed by atoms with van der Waals surface area (Å²) in [5.74, 6) is -0.937. The van der Waals surface area contributed by atoms with Crippen molar-refractivity contribution in [3.8, 4) is 0 Å². The second-order valence-corrected chi connectivity index (χ2v) is 5.02. The Balaban J connectivity index is 3.76. The van der Waals surface area contributed by atoms with Crippen LogP contribution in [0.3, 0.4) is 0 Å². The number of hydrogen-bond donors (Lipinski definition) is 2. The molecule has 0 aliphatic carbocycles. The Bertz CT molecular complexity index is 187. The van der Waals surface area contributed by atoms with Gasteiger partial charge in [-0.25, -0.2) is 0 Å². The molecule has 0 heterocycles. The molecule has 0 aromatic rings. The first-order valence-electron chi connectivity index (χ1n) is 4.89. The summed E-state index contributed by atoms with van der Waals surface area (Å²) in [6.07, 6.45) is 1.04. The molecule has 0 fully saturated rings. The van der Waals surface area contributed by atoms with E-state index in [9.17, 15) is 4.79 Å². The highest BCUT2D eigenvalue weighted by Gasteiger charge is 2.16. The average molecular weight is 202 g/mol. The Kier molecular flexibility index (Phi) is 5.08. The van der Waals surface area contributed by atoms with Gasteiger partial charge >= 0.3 is 5.97 Å². The van der Waals surface area contributed by atoms with Gasteiger partial charge < -0.3 is 15.7 Å². The predicted molar refractivity (Wildman–Crippen MR) is 57.2 cm³/mol. The van der Waals surface area contributed by atoms with E-state index in [-0.39, 0.29) is 5.41 Å². The third-order valence-electron chi connectivity index (χ3n) is 2.07. The van der Waals surface area contributed by atoms with E-state index in [0.717, 1.165) is 13.0 Å². The Morgan fingerprint density at radius 1 is 1.50 bits per heavy atom. The fourth-order valence-electron chi connectivity index (χ4n) is 1.03. The van der Waals surface area contributed by atoms with Crippen molar-refractivity contribution in [1.29, 1.82) is 0 Å². The van der Waals surface area contributed by atoms with Crippen molar-refractivity contribution in [3.05, 3.63) is 0 Å². The lowest BCUT2D eigenvalue weighted by molar-refractivity contribution is -0.138. The van der Waals surface area contributed by atoms with E-state index in [1.54, 1.807) is 0 Å². The molecule has 3 N–H and O–H groups in total. The summed E-state index contributed by atoms with van der Waals surface area (Å²) in [5, 5.41) is 8.61. The van der Waals surface area contributed by atoms with E-state index in [4.69, 9.17) is 10.8 Å². The summed E-state index contributed by atoms with van der Waals surface area (Å²) in [7, 11) is 1.90. The van der Waals surface area contributed by atoms with Crippen LogP contribution in [0.15, 0.2) is 0 Å². The fraction of sp³-hybridized carbons (Fsp3) is 0.900. The molecule has 0 rings (SSSR count). The van der Waals surface area contributed by atoms with Crippen molar-refractivity contribution in [2.75, 3.05) is 20.1 Å². The summed E-state index contributed by atoms with van der Waals surface area (Å²) in [6, 6.07) is -0.778. The highest BCUT2D eigenvalue weighted by atomic mass is 16.4. The number of nitrogens with zero attached hydrogens (tertiary/aromatic N) is 1. The van der Waals surface area contributed by atoms with E-state index >= 15 is 0 Å². The smallest absolute Gasteiger partial charge is 0.321 e. The summed E-state index contributed by atoms with van der Waals surface area (Å²) in [6.45, 7) is 7.78. The zero-order valence-corrected chi connectivity index (χ0v) is 9.58. The molecular formula is C10H22N2O2. The summed E-state index contributed by atoms with van der Waals surface area (Å²) >= 11 is 0. The predicted octanol–water partition coefficient (Wildman–Crippen LogP) is 0.766. The molecule has 14 heavy (non-hydrogen) atoms. The van der Waals surface area contributed by atoms with Gasteiger partial charge in [-0.3, -0.25) is 4.79 Å². The third kappa shape index (κ3) is 6.86. The second kappa shape index (κ2) is 5.32. The Morgan fingerprint density at radius 3 is 2.36 bits per heavy atom. The number of rotatable bonds is 5. The van der Waals surface area contributed by atoms with Gasteiger partial charge in [0.15, 0.2) is 0 Å². The first kappa shape index (κ1) is 13.4. The first-order chi connectivity index (χ1) is 6.22. The SMILES string of the molecule is CN(CCC(C)(C)C)CC(N)C(=O)O. The molecule has 0 bridgehead atoms. The largest absolute Gasteiger partial charge is 0.480 e. The molecule has 0 amide bonds. The molecule has 0 aliphatic rings. The number of carbonyl (C=O) groups is 1. The molecule has 0 saturated carbocycles. The minimum absolute atomic E-state index is 0.279. The maximum absolute atomic E-state index is 10.5. The second-order valence-electron chi connectivity index (χ2n) is 5.02. The van der Waals surface area contributed by atoms with Gasteiger partial charge in [0.2, 0.25) is 0 Å². The lowest BCUT2D eigenvalue weighted by atomic mass is 9.92. The number of carboxylic acid groups (broad SMARTS) is 1. The fourth-order valence-corrected chi connectivity index (χ4v) is 1.03. The molecule has 0 aromatic heterocycles. The van der Waals surface area contributed by atoms with E-state index in [2.05, 4.69) is 20.8 Å². The van der Waals surface area contributed by atoms with Crippen LogP contribution in [0.1, 0.15) is 27.2 Å². The van der Waals surface area contributed by atoms with E-state index in [1.807, 2.05) is 11.9 Å². The minimum Gasteiger partial charge on any atom is -0.480 e. The minimum atomic E-state index is -0.937. The number of nitrogens with two attached hydrogens (primary N) is 1. The molecule has 4 nitrogen and oxygen atoms in total. The van der Waals surface area contributed by atoms with Gasteiger partial charge in [-0.15, -0.1) is 0 Å². The lowest BCUT2D eigenvalue weighted by Gasteiger charge is -2.24. The van der Waals surface area contributed by atoms with Crippen LogP contribution in [0.2, 0.25) is 0 Å². The van der Waals surface area contributed by atoms with Crippen molar-refractivity contribution in [2.24, 2.45) is 11.1 Å².